The molecule has 1 unspecified atom stereocenters. The fourth-order valence-electron chi connectivity index (χ4n) is 4.02. The maximum absolute atomic E-state index is 4.53. The summed E-state index contributed by atoms with van der Waals surface area (Å²) < 4.78 is 0. The first-order valence-electron chi connectivity index (χ1n) is 9.11. The highest BCUT2D eigenvalue weighted by atomic mass is 32.2. The van der Waals surface area contributed by atoms with Gasteiger partial charge >= 0.3 is 0 Å². The summed E-state index contributed by atoms with van der Waals surface area (Å²) >= 11 is 2.11. The standard InChI is InChI=1S/C17H32N4S/c1-18-17(19-12-15-5-10-22-11-6-15)21-9-4-16(14-21)13-20-7-2-3-8-20/h15-16H,2-14H2,1H3,(H,18,19). The van der Waals surface area contributed by atoms with Crippen LogP contribution in [-0.2, 0) is 0 Å². The zero-order chi connectivity index (χ0) is 15.2. The average Bonchev–Trinajstić information content (AvgIpc) is 3.22. The molecular formula is C17H32N4S. The number of nitrogens with zero attached hydrogens (tertiary/aromatic N) is 3. The second-order valence-corrected chi connectivity index (χ2v) is 8.32. The maximum Gasteiger partial charge on any atom is 0.193 e. The third-order valence-electron chi connectivity index (χ3n) is 5.40. The highest BCUT2D eigenvalue weighted by molar-refractivity contribution is 7.99. The zero-order valence-electron chi connectivity index (χ0n) is 14.1. The van der Waals surface area contributed by atoms with Crippen LogP contribution < -0.4 is 5.32 Å². The number of guanidine groups is 1. The minimum atomic E-state index is 0.836. The van der Waals surface area contributed by atoms with Crippen molar-refractivity contribution in [2.45, 2.75) is 32.1 Å². The molecule has 3 heterocycles. The van der Waals surface area contributed by atoms with Crippen LogP contribution in [0.4, 0.5) is 0 Å². The van der Waals surface area contributed by atoms with Crippen LogP contribution in [0.25, 0.3) is 0 Å². The first kappa shape index (κ1) is 16.4. The van der Waals surface area contributed by atoms with Gasteiger partial charge in [0.25, 0.3) is 0 Å². The van der Waals surface area contributed by atoms with E-state index >= 15 is 0 Å². The second-order valence-electron chi connectivity index (χ2n) is 7.09. The molecule has 22 heavy (non-hydrogen) atoms. The number of nitrogens with one attached hydrogen (secondary N) is 1. The van der Waals surface area contributed by atoms with E-state index in [0.29, 0.717) is 0 Å². The minimum absolute atomic E-state index is 0.836. The van der Waals surface area contributed by atoms with E-state index in [0.717, 1.165) is 24.3 Å². The van der Waals surface area contributed by atoms with Crippen molar-refractivity contribution in [2.75, 3.05) is 57.8 Å². The molecule has 3 aliphatic heterocycles. The van der Waals surface area contributed by atoms with Crippen molar-refractivity contribution in [1.29, 1.82) is 0 Å². The molecule has 1 N–H and O–H groups in total. The van der Waals surface area contributed by atoms with Gasteiger partial charge in [0.1, 0.15) is 0 Å². The number of hydrogen-bond donors (Lipinski definition) is 1. The molecule has 0 bridgehead atoms. The van der Waals surface area contributed by atoms with Gasteiger partial charge in [0, 0.05) is 33.2 Å². The molecule has 3 saturated heterocycles. The Morgan fingerprint density at radius 1 is 1.09 bits per heavy atom. The molecule has 0 radical (unpaired) electrons. The highest BCUT2D eigenvalue weighted by Gasteiger charge is 2.27. The van der Waals surface area contributed by atoms with Crippen LogP contribution in [0.3, 0.4) is 0 Å². The largest absolute Gasteiger partial charge is 0.356 e. The normalized spacial score (nSPS) is 28.5. The summed E-state index contributed by atoms with van der Waals surface area (Å²) in [6.45, 7) is 7.43. The van der Waals surface area contributed by atoms with E-state index in [1.807, 2.05) is 7.05 Å². The monoisotopic (exact) mass is 324 g/mol. The van der Waals surface area contributed by atoms with Gasteiger partial charge in [-0.3, -0.25) is 4.99 Å². The van der Waals surface area contributed by atoms with Crippen molar-refractivity contribution in [3.8, 4) is 0 Å². The van der Waals surface area contributed by atoms with Crippen LogP contribution in [0, 0.1) is 11.8 Å². The maximum atomic E-state index is 4.53. The predicted octanol–water partition coefficient (Wildman–Crippen LogP) is 2.12. The molecule has 1 atom stereocenters. The van der Waals surface area contributed by atoms with Crippen molar-refractivity contribution < 1.29 is 0 Å². The number of likely N-dealkylation sites (tertiary alicyclic amines) is 2. The molecule has 5 heteroatoms. The Balaban J connectivity index is 1.41. The summed E-state index contributed by atoms with van der Waals surface area (Å²) in [5.41, 5.74) is 0. The first-order valence-corrected chi connectivity index (χ1v) is 10.3. The molecule has 0 aromatic rings. The van der Waals surface area contributed by atoms with Crippen LogP contribution in [0.2, 0.25) is 0 Å². The average molecular weight is 325 g/mol. The van der Waals surface area contributed by atoms with Crippen LogP contribution in [0.15, 0.2) is 4.99 Å². The lowest BCUT2D eigenvalue weighted by molar-refractivity contribution is 0.281. The molecule has 3 aliphatic rings. The van der Waals surface area contributed by atoms with E-state index in [-0.39, 0.29) is 0 Å². The Kier molecular flexibility index (Phi) is 6.30. The molecule has 0 aliphatic carbocycles. The lowest BCUT2D eigenvalue weighted by Gasteiger charge is -2.26. The SMILES string of the molecule is CN=C(NCC1CCSCC1)N1CCC(CN2CCCC2)C1. The molecule has 126 valence electrons. The van der Waals surface area contributed by atoms with Gasteiger partial charge in [-0.15, -0.1) is 0 Å². The molecule has 4 nitrogen and oxygen atoms in total. The summed E-state index contributed by atoms with van der Waals surface area (Å²) in [6, 6.07) is 0. The molecule has 0 aromatic heterocycles. The van der Waals surface area contributed by atoms with Crippen LogP contribution >= 0.6 is 11.8 Å². The lowest BCUT2D eigenvalue weighted by atomic mass is 10.0. The zero-order valence-corrected chi connectivity index (χ0v) is 14.9. The fourth-order valence-corrected chi connectivity index (χ4v) is 5.23. The summed E-state index contributed by atoms with van der Waals surface area (Å²) in [7, 11) is 1.94. The number of hydrogen-bond acceptors (Lipinski definition) is 3. The number of rotatable bonds is 4. The quantitative estimate of drug-likeness (QED) is 0.634. The third kappa shape index (κ3) is 4.54. The van der Waals surface area contributed by atoms with E-state index in [1.165, 1.54) is 76.3 Å². The fraction of sp³-hybridized carbons (Fsp3) is 0.941. The molecule has 3 rings (SSSR count). The Labute approximate surface area is 140 Å². The van der Waals surface area contributed by atoms with Crippen molar-refractivity contribution in [3.63, 3.8) is 0 Å². The van der Waals surface area contributed by atoms with E-state index in [2.05, 4.69) is 31.9 Å². The predicted molar refractivity (Wildman–Crippen MR) is 96.8 cm³/mol. The summed E-state index contributed by atoms with van der Waals surface area (Å²) in [5, 5.41) is 3.65. The van der Waals surface area contributed by atoms with Gasteiger partial charge in [-0.25, -0.2) is 0 Å². The molecule has 0 amide bonds. The first-order chi connectivity index (χ1) is 10.8. The Hall–Kier alpha value is -0.420. The van der Waals surface area contributed by atoms with Gasteiger partial charge in [-0.2, -0.15) is 11.8 Å². The van der Waals surface area contributed by atoms with Crippen LogP contribution in [-0.4, -0.2) is 73.6 Å². The van der Waals surface area contributed by atoms with Gasteiger partial charge < -0.3 is 15.1 Å². The van der Waals surface area contributed by atoms with Crippen LogP contribution in [0.1, 0.15) is 32.1 Å². The van der Waals surface area contributed by atoms with E-state index in [1.54, 1.807) is 0 Å². The van der Waals surface area contributed by atoms with Crippen molar-refractivity contribution in [3.05, 3.63) is 0 Å². The van der Waals surface area contributed by atoms with Gasteiger partial charge in [0.05, 0.1) is 0 Å². The summed E-state index contributed by atoms with van der Waals surface area (Å²) in [4.78, 5) is 9.67. The van der Waals surface area contributed by atoms with E-state index < -0.39 is 0 Å². The number of thioether (sulfide) groups is 1. The molecule has 0 aromatic carbocycles. The lowest BCUT2D eigenvalue weighted by Crippen LogP contribution is -2.43. The molecule has 3 fully saturated rings. The molecule has 0 saturated carbocycles. The number of aliphatic imine (C=N–C) groups is 1. The minimum Gasteiger partial charge on any atom is -0.356 e. The second kappa shape index (κ2) is 8.44. The summed E-state index contributed by atoms with van der Waals surface area (Å²) in [6.07, 6.45) is 6.87. The molecule has 0 spiro atoms. The van der Waals surface area contributed by atoms with Gasteiger partial charge in [0.15, 0.2) is 5.96 Å². The van der Waals surface area contributed by atoms with Gasteiger partial charge in [-0.05, 0) is 68.5 Å². The Morgan fingerprint density at radius 3 is 2.59 bits per heavy atom. The Morgan fingerprint density at radius 2 is 1.86 bits per heavy atom. The van der Waals surface area contributed by atoms with Gasteiger partial charge in [-0.1, -0.05) is 0 Å². The smallest absolute Gasteiger partial charge is 0.193 e. The van der Waals surface area contributed by atoms with Crippen molar-refractivity contribution in [2.24, 2.45) is 16.8 Å². The van der Waals surface area contributed by atoms with Crippen molar-refractivity contribution >= 4 is 17.7 Å². The molecular weight excluding hydrogens is 292 g/mol. The van der Waals surface area contributed by atoms with Crippen LogP contribution in [0.5, 0.6) is 0 Å². The van der Waals surface area contributed by atoms with E-state index in [9.17, 15) is 0 Å². The topological polar surface area (TPSA) is 30.9 Å². The summed E-state index contributed by atoms with van der Waals surface area (Å²) in [5.74, 6) is 5.50. The third-order valence-corrected chi connectivity index (χ3v) is 6.45. The van der Waals surface area contributed by atoms with Crippen molar-refractivity contribution in [1.82, 2.24) is 15.1 Å². The van der Waals surface area contributed by atoms with E-state index in [4.69, 9.17) is 0 Å². The highest BCUT2D eigenvalue weighted by Crippen LogP contribution is 2.23. The van der Waals surface area contributed by atoms with Gasteiger partial charge in [0.2, 0.25) is 0 Å². The Bertz CT molecular complexity index is 362.